The van der Waals surface area contributed by atoms with Gasteiger partial charge in [-0.05, 0) is 44.8 Å². The molecular weight excluding hydrogens is 290 g/mol. The summed E-state index contributed by atoms with van der Waals surface area (Å²) in [7, 11) is 0.222. The monoisotopic (exact) mass is 313 g/mol. The van der Waals surface area contributed by atoms with Crippen molar-refractivity contribution < 1.29 is 13.2 Å². The fourth-order valence-electron chi connectivity index (χ4n) is 1.61. The lowest BCUT2D eigenvalue weighted by Gasteiger charge is -2.11. The standard InChI is InChI=1S/C14H23N3O3S/c1-4-9-15-14(18)12-5-7-13(8-6-12)21(19,20)16-10-11-17(2)3/h5-8,16H,4,9-11H2,1-3H3,(H,15,18). The van der Waals surface area contributed by atoms with E-state index in [1.54, 1.807) is 0 Å². The minimum absolute atomic E-state index is 0.160. The average molecular weight is 313 g/mol. The smallest absolute Gasteiger partial charge is 0.251 e. The summed E-state index contributed by atoms with van der Waals surface area (Å²) in [4.78, 5) is 13.8. The number of carbonyl (C=O) groups is 1. The van der Waals surface area contributed by atoms with Crippen molar-refractivity contribution in [1.29, 1.82) is 0 Å². The Bertz CT molecular complexity index is 553. The number of nitrogens with zero attached hydrogens (tertiary/aromatic N) is 1. The summed E-state index contributed by atoms with van der Waals surface area (Å²) in [5.41, 5.74) is 0.454. The van der Waals surface area contributed by atoms with Crippen LogP contribution in [0.15, 0.2) is 29.2 Å². The van der Waals surface area contributed by atoms with Crippen molar-refractivity contribution in [3.63, 3.8) is 0 Å². The highest BCUT2D eigenvalue weighted by Gasteiger charge is 2.14. The Labute approximate surface area is 126 Å². The second-order valence-corrected chi connectivity index (χ2v) is 6.75. The van der Waals surface area contributed by atoms with Crippen LogP contribution in [0, 0.1) is 0 Å². The summed E-state index contributed by atoms with van der Waals surface area (Å²) in [5, 5.41) is 2.74. The highest BCUT2D eigenvalue weighted by molar-refractivity contribution is 7.89. The molecule has 0 radical (unpaired) electrons. The Morgan fingerprint density at radius 1 is 1.14 bits per heavy atom. The van der Waals surface area contributed by atoms with E-state index < -0.39 is 10.0 Å². The molecule has 7 heteroatoms. The molecule has 0 heterocycles. The third-order valence-corrected chi connectivity index (χ3v) is 4.29. The van der Waals surface area contributed by atoms with Gasteiger partial charge in [-0.15, -0.1) is 0 Å². The molecule has 0 fully saturated rings. The third kappa shape index (κ3) is 5.82. The predicted molar refractivity (Wildman–Crippen MR) is 82.8 cm³/mol. The molecule has 0 saturated heterocycles. The van der Waals surface area contributed by atoms with Gasteiger partial charge < -0.3 is 10.2 Å². The predicted octanol–water partition coefficient (Wildman–Crippen LogP) is 0.666. The summed E-state index contributed by atoms with van der Waals surface area (Å²) >= 11 is 0. The van der Waals surface area contributed by atoms with Gasteiger partial charge in [0.05, 0.1) is 4.90 Å². The number of nitrogens with one attached hydrogen (secondary N) is 2. The van der Waals surface area contributed by atoms with E-state index in [1.807, 2.05) is 25.9 Å². The lowest BCUT2D eigenvalue weighted by atomic mass is 10.2. The molecular formula is C14H23N3O3S. The number of amides is 1. The van der Waals surface area contributed by atoms with Crippen LogP contribution in [0.5, 0.6) is 0 Å². The highest BCUT2D eigenvalue weighted by Crippen LogP contribution is 2.10. The first kappa shape index (κ1) is 17.6. The van der Waals surface area contributed by atoms with Gasteiger partial charge in [-0.2, -0.15) is 0 Å². The molecule has 2 N–H and O–H groups in total. The Morgan fingerprint density at radius 2 is 1.76 bits per heavy atom. The van der Waals surface area contributed by atoms with Crippen LogP contribution in [-0.4, -0.2) is 53.0 Å². The molecule has 0 aliphatic carbocycles. The van der Waals surface area contributed by atoms with Crippen LogP contribution in [0.2, 0.25) is 0 Å². The van der Waals surface area contributed by atoms with Crippen LogP contribution in [0.4, 0.5) is 0 Å². The number of hydrogen-bond acceptors (Lipinski definition) is 4. The molecule has 118 valence electrons. The summed E-state index contributed by atoms with van der Waals surface area (Å²) in [5.74, 6) is -0.193. The zero-order valence-electron chi connectivity index (χ0n) is 12.7. The number of sulfonamides is 1. The molecule has 0 aromatic heterocycles. The minimum atomic E-state index is -3.52. The van der Waals surface area contributed by atoms with E-state index in [1.165, 1.54) is 24.3 Å². The van der Waals surface area contributed by atoms with Gasteiger partial charge >= 0.3 is 0 Å². The normalized spacial score (nSPS) is 11.6. The molecule has 0 spiro atoms. The molecule has 1 rings (SSSR count). The number of benzene rings is 1. The molecule has 0 unspecified atom stereocenters. The zero-order chi connectivity index (χ0) is 15.9. The van der Waals surface area contributed by atoms with Gasteiger partial charge in [-0.1, -0.05) is 6.92 Å². The van der Waals surface area contributed by atoms with Crippen LogP contribution in [0.3, 0.4) is 0 Å². The van der Waals surface area contributed by atoms with Gasteiger partial charge in [0, 0.05) is 25.2 Å². The summed E-state index contributed by atoms with van der Waals surface area (Å²) in [6.07, 6.45) is 0.855. The van der Waals surface area contributed by atoms with E-state index in [4.69, 9.17) is 0 Å². The first-order chi connectivity index (χ1) is 9.86. The molecule has 0 saturated carbocycles. The molecule has 1 aromatic carbocycles. The van der Waals surface area contributed by atoms with Crippen LogP contribution in [-0.2, 0) is 10.0 Å². The maximum atomic E-state index is 12.0. The topological polar surface area (TPSA) is 78.5 Å². The van der Waals surface area contributed by atoms with Crippen molar-refractivity contribution in [2.24, 2.45) is 0 Å². The van der Waals surface area contributed by atoms with Gasteiger partial charge in [-0.25, -0.2) is 13.1 Å². The third-order valence-electron chi connectivity index (χ3n) is 2.81. The molecule has 0 atom stereocenters. The van der Waals surface area contributed by atoms with Gasteiger partial charge in [0.15, 0.2) is 0 Å². The van der Waals surface area contributed by atoms with E-state index in [2.05, 4.69) is 10.0 Å². The van der Waals surface area contributed by atoms with E-state index in [9.17, 15) is 13.2 Å². The minimum Gasteiger partial charge on any atom is -0.352 e. The lowest BCUT2D eigenvalue weighted by Crippen LogP contribution is -2.31. The Hall–Kier alpha value is -1.44. The van der Waals surface area contributed by atoms with Crippen molar-refractivity contribution in [3.8, 4) is 0 Å². The average Bonchev–Trinajstić information content (AvgIpc) is 2.44. The maximum absolute atomic E-state index is 12.0. The van der Waals surface area contributed by atoms with E-state index >= 15 is 0 Å². The fourth-order valence-corrected chi connectivity index (χ4v) is 2.63. The maximum Gasteiger partial charge on any atom is 0.251 e. The molecule has 0 bridgehead atoms. The molecule has 0 aliphatic heterocycles. The first-order valence-corrected chi connectivity index (χ1v) is 8.38. The van der Waals surface area contributed by atoms with E-state index in [0.717, 1.165) is 6.42 Å². The van der Waals surface area contributed by atoms with Crippen LogP contribution in [0.1, 0.15) is 23.7 Å². The fraction of sp³-hybridized carbons (Fsp3) is 0.500. The largest absolute Gasteiger partial charge is 0.352 e. The molecule has 21 heavy (non-hydrogen) atoms. The summed E-state index contributed by atoms with van der Waals surface area (Å²) in [6, 6.07) is 5.93. The van der Waals surface area contributed by atoms with Gasteiger partial charge in [0.1, 0.15) is 0 Å². The second kappa shape index (κ2) is 8.11. The van der Waals surface area contributed by atoms with Crippen molar-refractivity contribution in [1.82, 2.24) is 14.9 Å². The molecule has 6 nitrogen and oxygen atoms in total. The highest BCUT2D eigenvalue weighted by atomic mass is 32.2. The van der Waals surface area contributed by atoms with Crippen LogP contribution in [0.25, 0.3) is 0 Å². The second-order valence-electron chi connectivity index (χ2n) is 4.98. The summed E-state index contributed by atoms with van der Waals surface area (Å²) < 4.78 is 26.6. The SMILES string of the molecule is CCCNC(=O)c1ccc(S(=O)(=O)NCCN(C)C)cc1. The quantitative estimate of drug-likeness (QED) is 0.739. The van der Waals surface area contributed by atoms with Gasteiger partial charge in [-0.3, -0.25) is 4.79 Å². The Kier molecular flexibility index (Phi) is 6.80. The lowest BCUT2D eigenvalue weighted by molar-refractivity contribution is 0.0953. The van der Waals surface area contributed by atoms with E-state index in [0.29, 0.717) is 25.2 Å². The first-order valence-electron chi connectivity index (χ1n) is 6.89. The summed E-state index contributed by atoms with van der Waals surface area (Å²) in [6.45, 7) is 3.53. The number of hydrogen-bond donors (Lipinski definition) is 2. The van der Waals surface area contributed by atoms with Gasteiger partial charge in [0.2, 0.25) is 10.0 Å². The van der Waals surface area contributed by atoms with Crippen LogP contribution >= 0.6 is 0 Å². The number of rotatable bonds is 8. The zero-order valence-corrected chi connectivity index (χ0v) is 13.5. The van der Waals surface area contributed by atoms with Crippen molar-refractivity contribution in [3.05, 3.63) is 29.8 Å². The van der Waals surface area contributed by atoms with Crippen molar-refractivity contribution >= 4 is 15.9 Å². The molecule has 0 aliphatic rings. The van der Waals surface area contributed by atoms with Crippen LogP contribution < -0.4 is 10.0 Å². The Balaban J connectivity index is 2.70. The van der Waals surface area contributed by atoms with Crippen molar-refractivity contribution in [2.45, 2.75) is 18.2 Å². The van der Waals surface area contributed by atoms with Crippen molar-refractivity contribution in [2.75, 3.05) is 33.7 Å². The number of likely N-dealkylation sites (N-methyl/N-ethyl adjacent to an activating group) is 1. The van der Waals surface area contributed by atoms with E-state index in [-0.39, 0.29) is 10.8 Å². The molecule has 1 aromatic rings. The Morgan fingerprint density at radius 3 is 2.29 bits per heavy atom. The molecule has 1 amide bonds. The van der Waals surface area contributed by atoms with Gasteiger partial charge in [0.25, 0.3) is 5.91 Å². The number of carbonyl (C=O) groups excluding carboxylic acids is 1.